The van der Waals surface area contributed by atoms with E-state index in [2.05, 4.69) is 26.4 Å². The van der Waals surface area contributed by atoms with Crippen LogP contribution < -0.4 is 11.1 Å². The molecule has 1 heterocycles. The van der Waals surface area contributed by atoms with Crippen LogP contribution in [-0.4, -0.2) is 22.5 Å². The number of nitrogens with one attached hydrogen (secondary N) is 1. The first-order chi connectivity index (χ1) is 10.1. The first-order valence-corrected chi connectivity index (χ1v) is 8.74. The molecule has 5 nitrogen and oxygen atoms in total. The van der Waals surface area contributed by atoms with E-state index in [0.29, 0.717) is 17.7 Å². The summed E-state index contributed by atoms with van der Waals surface area (Å²) in [4.78, 5) is 13.1. The third kappa shape index (κ3) is 3.97. The SMILES string of the molecule is N/C(=N/O)C1(NC(=O)c2ccc(Br)s2)CCCCCCC1. The smallest absolute Gasteiger partial charge is 0.262 e. The van der Waals surface area contributed by atoms with Gasteiger partial charge in [-0.25, -0.2) is 0 Å². The topological polar surface area (TPSA) is 87.7 Å². The van der Waals surface area contributed by atoms with E-state index in [4.69, 9.17) is 10.9 Å². The van der Waals surface area contributed by atoms with Gasteiger partial charge in [0.1, 0.15) is 5.54 Å². The van der Waals surface area contributed by atoms with E-state index in [9.17, 15) is 4.79 Å². The van der Waals surface area contributed by atoms with Crippen LogP contribution in [0.3, 0.4) is 0 Å². The molecule has 2 rings (SSSR count). The number of carbonyl (C=O) groups excluding carboxylic acids is 1. The van der Waals surface area contributed by atoms with Crippen molar-refractivity contribution in [3.63, 3.8) is 0 Å². The van der Waals surface area contributed by atoms with Crippen molar-refractivity contribution >= 4 is 39.0 Å². The zero-order valence-electron chi connectivity index (χ0n) is 11.8. The third-order valence-electron chi connectivity index (χ3n) is 3.95. The molecule has 1 saturated carbocycles. The van der Waals surface area contributed by atoms with Gasteiger partial charge in [0.15, 0.2) is 5.84 Å². The minimum Gasteiger partial charge on any atom is -0.409 e. The van der Waals surface area contributed by atoms with E-state index in [0.717, 1.165) is 29.5 Å². The molecule has 21 heavy (non-hydrogen) atoms. The maximum absolute atomic E-state index is 12.4. The highest BCUT2D eigenvalue weighted by molar-refractivity contribution is 9.11. The summed E-state index contributed by atoms with van der Waals surface area (Å²) >= 11 is 4.73. The number of amides is 1. The lowest BCUT2D eigenvalue weighted by atomic mass is 9.82. The first kappa shape index (κ1) is 16.3. The number of amidine groups is 1. The van der Waals surface area contributed by atoms with Gasteiger partial charge >= 0.3 is 0 Å². The minimum atomic E-state index is -0.733. The normalized spacial score (nSPS) is 19.6. The molecule has 0 unspecified atom stereocenters. The second-order valence-electron chi connectivity index (χ2n) is 5.39. The molecular weight excluding hydrogens is 354 g/mol. The van der Waals surface area contributed by atoms with Crippen molar-refractivity contribution in [2.24, 2.45) is 10.9 Å². The molecule has 4 N–H and O–H groups in total. The fourth-order valence-electron chi connectivity index (χ4n) is 2.77. The predicted octanol–water partition coefficient (Wildman–Crippen LogP) is 3.47. The summed E-state index contributed by atoms with van der Waals surface area (Å²) in [5.74, 6) is -0.0637. The second kappa shape index (κ2) is 7.26. The van der Waals surface area contributed by atoms with Crippen LogP contribution in [0.1, 0.15) is 54.6 Å². The van der Waals surface area contributed by atoms with Crippen LogP contribution in [0.5, 0.6) is 0 Å². The molecule has 116 valence electrons. The van der Waals surface area contributed by atoms with Crippen molar-refractivity contribution in [1.82, 2.24) is 5.32 Å². The molecule has 0 aromatic carbocycles. The molecule has 0 aliphatic heterocycles. The Labute approximate surface area is 136 Å². The molecule has 0 spiro atoms. The van der Waals surface area contributed by atoms with Crippen molar-refractivity contribution < 1.29 is 10.0 Å². The number of halogens is 1. The predicted molar refractivity (Wildman–Crippen MR) is 87.9 cm³/mol. The monoisotopic (exact) mass is 373 g/mol. The quantitative estimate of drug-likeness (QED) is 0.328. The summed E-state index contributed by atoms with van der Waals surface area (Å²) in [6, 6.07) is 3.61. The number of carbonyl (C=O) groups is 1. The van der Waals surface area contributed by atoms with E-state index in [1.54, 1.807) is 6.07 Å². The minimum absolute atomic E-state index is 0.105. The number of hydrogen-bond acceptors (Lipinski definition) is 4. The van der Waals surface area contributed by atoms with Crippen LogP contribution in [0.2, 0.25) is 0 Å². The molecule has 7 heteroatoms. The van der Waals surface area contributed by atoms with Crippen LogP contribution in [0, 0.1) is 0 Å². The highest BCUT2D eigenvalue weighted by atomic mass is 79.9. The molecule has 1 aliphatic rings. The Morgan fingerprint density at radius 2 is 1.90 bits per heavy atom. The molecular formula is C14H20BrN3O2S. The zero-order chi connectivity index (χ0) is 15.3. The maximum atomic E-state index is 12.4. The Morgan fingerprint density at radius 3 is 2.43 bits per heavy atom. The van der Waals surface area contributed by atoms with Crippen molar-refractivity contribution in [3.05, 3.63) is 20.8 Å². The maximum Gasteiger partial charge on any atom is 0.262 e. The van der Waals surface area contributed by atoms with Gasteiger partial charge in [0.05, 0.1) is 8.66 Å². The highest BCUT2D eigenvalue weighted by Crippen LogP contribution is 2.28. The van der Waals surface area contributed by atoms with Gasteiger partial charge in [0.25, 0.3) is 5.91 Å². The van der Waals surface area contributed by atoms with Gasteiger partial charge in [-0.15, -0.1) is 11.3 Å². The standard InChI is InChI=1S/C14H20BrN3O2S/c15-11-7-6-10(21-11)12(19)17-14(13(16)18-20)8-4-2-1-3-5-9-14/h6-7,20H,1-5,8-9H2,(H2,16,18)(H,17,19). The average Bonchev–Trinajstić information content (AvgIpc) is 2.88. The Morgan fingerprint density at radius 1 is 1.29 bits per heavy atom. The Kier molecular flexibility index (Phi) is 5.64. The zero-order valence-corrected chi connectivity index (χ0v) is 14.2. The summed E-state index contributed by atoms with van der Waals surface area (Å²) in [5, 5.41) is 15.3. The van der Waals surface area contributed by atoms with E-state index in [-0.39, 0.29) is 11.7 Å². The van der Waals surface area contributed by atoms with E-state index in [1.807, 2.05) is 6.07 Å². The van der Waals surface area contributed by atoms with Gasteiger partial charge in [-0.2, -0.15) is 0 Å². The molecule has 0 radical (unpaired) electrons. The Hall–Kier alpha value is -1.08. The van der Waals surface area contributed by atoms with Gasteiger partial charge in [0.2, 0.25) is 0 Å². The molecule has 1 aliphatic carbocycles. The number of nitrogens with two attached hydrogens (primary N) is 1. The molecule has 1 fully saturated rings. The number of nitrogens with zero attached hydrogens (tertiary/aromatic N) is 1. The first-order valence-electron chi connectivity index (χ1n) is 7.13. The van der Waals surface area contributed by atoms with Gasteiger partial charge in [-0.3, -0.25) is 4.79 Å². The van der Waals surface area contributed by atoms with Gasteiger partial charge in [-0.05, 0) is 40.9 Å². The summed E-state index contributed by atoms with van der Waals surface area (Å²) in [5.41, 5.74) is 5.18. The van der Waals surface area contributed by atoms with Crippen LogP contribution in [-0.2, 0) is 0 Å². The third-order valence-corrected chi connectivity index (χ3v) is 5.58. The fourth-order valence-corrected chi connectivity index (χ4v) is 4.05. The van der Waals surface area contributed by atoms with E-state index < -0.39 is 5.54 Å². The summed E-state index contributed by atoms with van der Waals surface area (Å²) in [6.45, 7) is 0. The van der Waals surface area contributed by atoms with E-state index >= 15 is 0 Å². The Balaban J connectivity index is 2.20. The lowest BCUT2D eigenvalue weighted by Crippen LogP contribution is -2.57. The largest absolute Gasteiger partial charge is 0.409 e. The molecule has 1 amide bonds. The number of oxime groups is 1. The average molecular weight is 374 g/mol. The van der Waals surface area contributed by atoms with Gasteiger partial charge < -0.3 is 16.3 Å². The van der Waals surface area contributed by atoms with Gasteiger partial charge in [-0.1, -0.05) is 37.3 Å². The lowest BCUT2D eigenvalue weighted by molar-refractivity contribution is 0.0914. The van der Waals surface area contributed by atoms with Crippen molar-refractivity contribution in [2.45, 2.75) is 50.5 Å². The van der Waals surface area contributed by atoms with Crippen molar-refractivity contribution in [3.8, 4) is 0 Å². The molecule has 0 atom stereocenters. The van der Waals surface area contributed by atoms with Gasteiger partial charge in [0, 0.05) is 0 Å². The molecule has 1 aromatic rings. The summed E-state index contributed by atoms with van der Waals surface area (Å²) < 4.78 is 0.906. The van der Waals surface area contributed by atoms with Crippen LogP contribution in [0.4, 0.5) is 0 Å². The summed E-state index contributed by atoms with van der Waals surface area (Å²) in [6.07, 6.45) is 6.78. The van der Waals surface area contributed by atoms with E-state index in [1.165, 1.54) is 17.8 Å². The van der Waals surface area contributed by atoms with Crippen LogP contribution in [0.25, 0.3) is 0 Å². The molecule has 0 saturated heterocycles. The lowest BCUT2D eigenvalue weighted by Gasteiger charge is -2.35. The number of thiophene rings is 1. The Bertz CT molecular complexity index is 522. The molecule has 0 bridgehead atoms. The second-order valence-corrected chi connectivity index (χ2v) is 7.86. The van der Waals surface area contributed by atoms with Crippen molar-refractivity contribution in [2.75, 3.05) is 0 Å². The number of hydrogen-bond donors (Lipinski definition) is 3. The van der Waals surface area contributed by atoms with Crippen LogP contribution >= 0.6 is 27.3 Å². The van der Waals surface area contributed by atoms with Crippen LogP contribution in [0.15, 0.2) is 21.1 Å². The van der Waals surface area contributed by atoms with Crippen molar-refractivity contribution in [1.29, 1.82) is 0 Å². The highest BCUT2D eigenvalue weighted by Gasteiger charge is 2.37. The molecule has 1 aromatic heterocycles. The number of rotatable bonds is 3. The summed E-state index contributed by atoms with van der Waals surface area (Å²) in [7, 11) is 0. The fraction of sp³-hybridized carbons (Fsp3) is 0.571.